The van der Waals surface area contributed by atoms with Crippen LogP contribution in [0, 0.1) is 5.41 Å². The molecule has 0 bridgehead atoms. The van der Waals surface area contributed by atoms with E-state index < -0.39 is 19.6 Å². The zero-order chi connectivity index (χ0) is 30.9. The summed E-state index contributed by atoms with van der Waals surface area (Å²) in [6.07, 6.45) is 3.76. The molecule has 1 atom stereocenters. The van der Waals surface area contributed by atoms with Crippen molar-refractivity contribution in [2.45, 2.75) is 84.5 Å². The molecule has 2 aliphatic rings. The van der Waals surface area contributed by atoms with E-state index in [0.29, 0.717) is 38.5 Å². The van der Waals surface area contributed by atoms with Crippen LogP contribution in [0.25, 0.3) is 5.69 Å². The number of anilines is 1. The van der Waals surface area contributed by atoms with Gasteiger partial charge < -0.3 is 19.0 Å². The second-order valence-electron chi connectivity index (χ2n) is 14.2. The Hall–Kier alpha value is -3.18. The molecule has 3 amide bonds. The molecular formula is C31H47N5O5Si. The van der Waals surface area contributed by atoms with Crippen molar-refractivity contribution in [3.8, 4) is 5.69 Å². The van der Waals surface area contributed by atoms with Crippen LogP contribution in [0.3, 0.4) is 0 Å². The highest BCUT2D eigenvalue weighted by molar-refractivity contribution is 6.74. The summed E-state index contributed by atoms with van der Waals surface area (Å²) < 4.78 is 13.3. The molecule has 0 aliphatic carbocycles. The highest BCUT2D eigenvalue weighted by Crippen LogP contribution is 2.40. The van der Waals surface area contributed by atoms with Crippen molar-refractivity contribution in [2.24, 2.45) is 5.41 Å². The SMILES string of the molecule is CC(C)(C)OC(=O)N1CCC2(CCN(C(=O)Nc3ccn(-c4ccc(CCO[Si](C)(C)C(C)(C)C)cc4)c(=O)n3)C2)C1. The lowest BCUT2D eigenvalue weighted by Crippen LogP contribution is -2.41. The summed E-state index contributed by atoms with van der Waals surface area (Å²) in [4.78, 5) is 45.9. The van der Waals surface area contributed by atoms with Gasteiger partial charge in [-0.15, -0.1) is 0 Å². The first-order valence-electron chi connectivity index (χ1n) is 14.8. The average Bonchev–Trinajstić information content (AvgIpc) is 3.50. The second-order valence-corrected chi connectivity index (χ2v) is 19.1. The summed E-state index contributed by atoms with van der Waals surface area (Å²) in [5, 5.41) is 2.95. The van der Waals surface area contributed by atoms with E-state index in [1.165, 1.54) is 4.57 Å². The normalized spacial score (nSPS) is 19.4. The van der Waals surface area contributed by atoms with Crippen molar-refractivity contribution in [3.63, 3.8) is 0 Å². The molecule has 2 aromatic rings. The summed E-state index contributed by atoms with van der Waals surface area (Å²) in [6, 6.07) is 9.14. The number of benzene rings is 1. The van der Waals surface area contributed by atoms with E-state index in [0.717, 1.165) is 24.8 Å². The summed E-state index contributed by atoms with van der Waals surface area (Å²) in [6.45, 7) is 19.8. The number of carbonyl (C=O) groups is 2. The third-order valence-electron chi connectivity index (χ3n) is 8.73. The van der Waals surface area contributed by atoms with Gasteiger partial charge in [-0.25, -0.2) is 14.4 Å². The molecule has 1 spiro atoms. The minimum Gasteiger partial charge on any atom is -0.444 e. The van der Waals surface area contributed by atoms with E-state index in [1.807, 2.05) is 45.0 Å². The predicted octanol–water partition coefficient (Wildman–Crippen LogP) is 5.66. The molecule has 1 N–H and O–H groups in total. The lowest BCUT2D eigenvalue weighted by atomic mass is 9.86. The van der Waals surface area contributed by atoms with Crippen LogP contribution in [0.15, 0.2) is 41.3 Å². The lowest BCUT2D eigenvalue weighted by Gasteiger charge is -2.36. The maximum atomic E-state index is 13.0. The van der Waals surface area contributed by atoms with E-state index in [2.05, 4.69) is 44.2 Å². The zero-order valence-corrected chi connectivity index (χ0v) is 27.5. The Bertz CT molecular complexity index is 1350. The number of carbonyl (C=O) groups excluding carboxylic acids is 2. The first-order chi connectivity index (χ1) is 19.5. The molecule has 0 saturated carbocycles. The molecule has 230 valence electrons. The fourth-order valence-corrected chi connectivity index (χ4v) is 6.23. The molecule has 11 heteroatoms. The minimum absolute atomic E-state index is 0.131. The smallest absolute Gasteiger partial charge is 0.410 e. The Morgan fingerprint density at radius 1 is 0.976 bits per heavy atom. The molecule has 2 saturated heterocycles. The predicted molar refractivity (Wildman–Crippen MR) is 167 cm³/mol. The van der Waals surface area contributed by atoms with Crippen LogP contribution in [-0.2, 0) is 15.6 Å². The van der Waals surface area contributed by atoms with Gasteiger partial charge in [-0.2, -0.15) is 4.98 Å². The number of likely N-dealkylation sites (tertiary alicyclic amines) is 2. The van der Waals surface area contributed by atoms with Crippen LogP contribution < -0.4 is 11.0 Å². The van der Waals surface area contributed by atoms with Gasteiger partial charge in [0.05, 0.1) is 5.69 Å². The van der Waals surface area contributed by atoms with Crippen molar-refractivity contribution in [2.75, 3.05) is 38.1 Å². The molecule has 1 aromatic heterocycles. The van der Waals surface area contributed by atoms with E-state index >= 15 is 0 Å². The van der Waals surface area contributed by atoms with Gasteiger partial charge in [0.2, 0.25) is 0 Å². The van der Waals surface area contributed by atoms with Gasteiger partial charge in [0.15, 0.2) is 8.32 Å². The topological polar surface area (TPSA) is 106 Å². The first-order valence-corrected chi connectivity index (χ1v) is 17.7. The van der Waals surface area contributed by atoms with E-state index in [4.69, 9.17) is 9.16 Å². The number of rotatable bonds is 6. The summed E-state index contributed by atoms with van der Waals surface area (Å²) in [5.74, 6) is 0.211. The third-order valence-corrected chi connectivity index (χ3v) is 13.3. The van der Waals surface area contributed by atoms with Crippen LogP contribution in [0.5, 0.6) is 0 Å². The Morgan fingerprint density at radius 3 is 2.19 bits per heavy atom. The quantitative estimate of drug-likeness (QED) is 0.431. The number of nitrogens with zero attached hydrogens (tertiary/aromatic N) is 4. The van der Waals surface area contributed by atoms with Gasteiger partial charge in [0, 0.05) is 44.4 Å². The van der Waals surface area contributed by atoms with Crippen molar-refractivity contribution < 1.29 is 18.8 Å². The number of hydrogen-bond donors (Lipinski definition) is 1. The molecule has 4 rings (SSSR count). The first kappa shape index (κ1) is 31.7. The Balaban J connectivity index is 1.30. The number of hydrogen-bond acceptors (Lipinski definition) is 6. The fraction of sp³-hybridized carbons (Fsp3) is 0.613. The summed E-state index contributed by atoms with van der Waals surface area (Å²) >= 11 is 0. The monoisotopic (exact) mass is 597 g/mol. The number of aromatic nitrogens is 2. The van der Waals surface area contributed by atoms with E-state index in [9.17, 15) is 14.4 Å². The molecule has 1 unspecified atom stereocenters. The second kappa shape index (κ2) is 11.8. The molecular weight excluding hydrogens is 550 g/mol. The number of amides is 3. The Kier molecular flexibility index (Phi) is 8.94. The number of nitrogens with one attached hydrogen (secondary N) is 1. The standard InChI is InChI=1S/C31H47N5O5Si/c1-29(2,3)41-28(39)35-19-16-31(22-35)15-18-34(21-31)26(37)32-25-13-17-36(27(38)33-25)24-11-9-23(10-12-24)14-20-40-42(7,8)30(4,5)6/h9-13,17H,14-16,18-22H2,1-8H3,(H,32,33,37,38). The molecule has 2 aliphatic heterocycles. The number of ether oxygens (including phenoxy) is 1. The van der Waals surface area contributed by atoms with Crippen LogP contribution in [-0.4, -0.2) is 78.2 Å². The lowest BCUT2D eigenvalue weighted by molar-refractivity contribution is 0.0275. The Morgan fingerprint density at radius 2 is 1.60 bits per heavy atom. The van der Waals surface area contributed by atoms with Crippen LogP contribution in [0.1, 0.15) is 59.9 Å². The fourth-order valence-electron chi connectivity index (χ4n) is 5.18. The van der Waals surface area contributed by atoms with Crippen LogP contribution in [0.4, 0.5) is 15.4 Å². The van der Waals surface area contributed by atoms with Crippen molar-refractivity contribution in [1.82, 2.24) is 19.4 Å². The maximum absolute atomic E-state index is 13.0. The molecule has 42 heavy (non-hydrogen) atoms. The maximum Gasteiger partial charge on any atom is 0.410 e. The van der Waals surface area contributed by atoms with Crippen LogP contribution >= 0.6 is 0 Å². The van der Waals surface area contributed by atoms with Gasteiger partial charge in [-0.1, -0.05) is 32.9 Å². The summed E-state index contributed by atoms with van der Waals surface area (Å²) in [5.41, 5.74) is 0.704. The molecule has 0 radical (unpaired) electrons. The van der Waals surface area contributed by atoms with Crippen molar-refractivity contribution in [1.29, 1.82) is 0 Å². The minimum atomic E-state index is -1.78. The van der Waals surface area contributed by atoms with Gasteiger partial charge >= 0.3 is 17.8 Å². The molecule has 2 fully saturated rings. The highest BCUT2D eigenvalue weighted by Gasteiger charge is 2.46. The van der Waals surface area contributed by atoms with Crippen LogP contribution in [0.2, 0.25) is 18.1 Å². The van der Waals surface area contributed by atoms with Crippen molar-refractivity contribution in [3.05, 3.63) is 52.6 Å². The average molecular weight is 598 g/mol. The van der Waals surface area contributed by atoms with E-state index in [1.54, 1.807) is 22.1 Å². The highest BCUT2D eigenvalue weighted by atomic mass is 28.4. The van der Waals surface area contributed by atoms with Gasteiger partial charge in [0.1, 0.15) is 11.4 Å². The van der Waals surface area contributed by atoms with Gasteiger partial charge in [-0.05, 0) is 81.9 Å². The van der Waals surface area contributed by atoms with Gasteiger partial charge in [0.25, 0.3) is 0 Å². The molecule has 3 heterocycles. The third kappa shape index (κ3) is 7.60. The van der Waals surface area contributed by atoms with Crippen molar-refractivity contribution >= 4 is 26.3 Å². The summed E-state index contributed by atoms with van der Waals surface area (Å²) in [7, 11) is -1.78. The number of urea groups is 1. The molecule has 1 aromatic carbocycles. The van der Waals surface area contributed by atoms with Gasteiger partial charge in [-0.3, -0.25) is 9.88 Å². The zero-order valence-electron chi connectivity index (χ0n) is 26.5. The van der Waals surface area contributed by atoms with E-state index in [-0.39, 0.29) is 28.4 Å². The largest absolute Gasteiger partial charge is 0.444 e. The molecule has 10 nitrogen and oxygen atoms in total. The Labute approximate surface area is 250 Å².